The van der Waals surface area contributed by atoms with Crippen molar-refractivity contribution in [1.82, 2.24) is 5.32 Å². The first kappa shape index (κ1) is 15.0. The molecule has 0 aliphatic heterocycles. The Hall–Kier alpha value is -1.36. The molecule has 1 aromatic carbocycles. The van der Waals surface area contributed by atoms with E-state index in [0.29, 0.717) is 0 Å². The van der Waals surface area contributed by atoms with Gasteiger partial charge in [-0.1, -0.05) is 28.1 Å². The Kier molecular flexibility index (Phi) is 3.91. The molecule has 1 saturated carbocycles. The van der Waals surface area contributed by atoms with Crippen molar-refractivity contribution in [2.45, 2.75) is 44.8 Å². The lowest BCUT2D eigenvalue weighted by Gasteiger charge is -2.40. The minimum absolute atomic E-state index is 0.108. The molecule has 1 N–H and O–H groups in total. The molecule has 0 bridgehead atoms. The molecule has 0 saturated heterocycles. The second-order valence-corrected chi connectivity index (χ2v) is 7.07. The Morgan fingerprint density at radius 3 is 2.25 bits per heavy atom. The first-order valence-electron chi connectivity index (χ1n) is 6.49. The van der Waals surface area contributed by atoms with Gasteiger partial charge in [-0.25, -0.2) is 4.79 Å². The van der Waals surface area contributed by atoms with E-state index < -0.39 is 11.7 Å². The van der Waals surface area contributed by atoms with Crippen LogP contribution in [0.15, 0.2) is 28.7 Å². The minimum atomic E-state index is -0.812. The predicted molar refractivity (Wildman–Crippen MR) is 79.4 cm³/mol. The lowest BCUT2D eigenvalue weighted by atomic mass is 9.74. The summed E-state index contributed by atoms with van der Waals surface area (Å²) in [7, 11) is 0. The highest BCUT2D eigenvalue weighted by Gasteiger charge is 2.48. The van der Waals surface area contributed by atoms with E-state index in [1.165, 1.54) is 0 Å². The molecule has 1 aliphatic carbocycles. The Balaban J connectivity index is 2.17. The minimum Gasteiger partial charge on any atom is -0.437 e. The maximum atomic E-state index is 12.0. The van der Waals surface area contributed by atoms with Crippen molar-refractivity contribution >= 4 is 27.8 Å². The molecular weight excluding hydrogens is 322 g/mol. The summed E-state index contributed by atoms with van der Waals surface area (Å²) in [5, 5.41) is 2.76. The van der Waals surface area contributed by atoms with E-state index in [1.54, 1.807) is 0 Å². The zero-order valence-corrected chi connectivity index (χ0v) is 13.4. The van der Waals surface area contributed by atoms with Crippen LogP contribution in [-0.2, 0) is 15.1 Å². The first-order valence-corrected chi connectivity index (χ1v) is 7.28. The molecule has 0 unspecified atom stereocenters. The Bertz CT molecular complexity index is 523. The topological polar surface area (TPSA) is 55.4 Å². The fourth-order valence-electron chi connectivity index (χ4n) is 2.18. The molecule has 108 valence electrons. The summed E-state index contributed by atoms with van der Waals surface area (Å²) in [4.78, 5) is 23.4. The number of amides is 1. The number of ketones is 1. The van der Waals surface area contributed by atoms with Gasteiger partial charge in [0.15, 0.2) is 5.60 Å². The number of carbonyl (C=O) groups is 2. The summed E-state index contributed by atoms with van der Waals surface area (Å²) < 4.78 is 6.51. The largest absolute Gasteiger partial charge is 0.437 e. The molecule has 5 heteroatoms. The summed E-state index contributed by atoms with van der Waals surface area (Å²) in [6, 6.07) is 7.51. The van der Waals surface area contributed by atoms with E-state index in [1.807, 2.05) is 45.0 Å². The van der Waals surface area contributed by atoms with Gasteiger partial charge in [0.25, 0.3) is 0 Å². The standard InChI is InChI=1S/C15H18BrNO3/c1-14(2,3)17-13(19)20-15(8-12(18)9-15)10-4-6-11(16)7-5-10/h4-7H,8-9H2,1-3H3,(H,17,19). The van der Waals surface area contributed by atoms with E-state index in [0.717, 1.165) is 10.0 Å². The number of carbonyl (C=O) groups excluding carboxylic acids is 2. The summed E-state index contributed by atoms with van der Waals surface area (Å²) in [5.41, 5.74) is -0.330. The van der Waals surface area contributed by atoms with Crippen LogP contribution in [0.5, 0.6) is 0 Å². The third kappa shape index (κ3) is 3.39. The summed E-state index contributed by atoms with van der Waals surface area (Å²) in [5.74, 6) is 0.108. The number of rotatable bonds is 2. The van der Waals surface area contributed by atoms with Crippen molar-refractivity contribution in [1.29, 1.82) is 0 Å². The monoisotopic (exact) mass is 339 g/mol. The number of benzene rings is 1. The molecule has 4 nitrogen and oxygen atoms in total. The van der Waals surface area contributed by atoms with Gasteiger partial charge in [-0.15, -0.1) is 0 Å². The molecule has 0 radical (unpaired) electrons. The normalized spacial score (nSPS) is 17.3. The van der Waals surface area contributed by atoms with E-state index in [2.05, 4.69) is 21.2 Å². The van der Waals surface area contributed by atoms with Gasteiger partial charge < -0.3 is 10.1 Å². The van der Waals surface area contributed by atoms with Gasteiger partial charge in [0.1, 0.15) is 5.78 Å². The van der Waals surface area contributed by atoms with E-state index in [4.69, 9.17) is 4.74 Å². The molecule has 0 spiro atoms. The average molecular weight is 340 g/mol. The Morgan fingerprint density at radius 2 is 1.80 bits per heavy atom. The number of hydrogen-bond acceptors (Lipinski definition) is 3. The first-order chi connectivity index (χ1) is 9.20. The van der Waals surface area contributed by atoms with Crippen molar-refractivity contribution in [3.8, 4) is 0 Å². The summed E-state index contributed by atoms with van der Waals surface area (Å²) in [6.07, 6.45) is -0.00815. The predicted octanol–water partition coefficient (Wildman–Crippen LogP) is 3.53. The summed E-state index contributed by atoms with van der Waals surface area (Å²) in [6.45, 7) is 5.64. The van der Waals surface area contributed by atoms with E-state index in [-0.39, 0.29) is 24.2 Å². The molecule has 0 heterocycles. The van der Waals surface area contributed by atoms with Gasteiger partial charge >= 0.3 is 6.09 Å². The van der Waals surface area contributed by atoms with Crippen molar-refractivity contribution < 1.29 is 14.3 Å². The van der Waals surface area contributed by atoms with Crippen LogP contribution in [0.1, 0.15) is 39.2 Å². The van der Waals surface area contributed by atoms with Crippen LogP contribution < -0.4 is 5.32 Å². The number of ether oxygens (including phenoxy) is 1. The average Bonchev–Trinajstić information content (AvgIpc) is 2.24. The van der Waals surface area contributed by atoms with Gasteiger partial charge in [-0.05, 0) is 38.5 Å². The van der Waals surface area contributed by atoms with Gasteiger partial charge in [0.2, 0.25) is 0 Å². The Labute approximate surface area is 127 Å². The smallest absolute Gasteiger partial charge is 0.408 e. The zero-order valence-electron chi connectivity index (χ0n) is 11.8. The highest BCUT2D eigenvalue weighted by molar-refractivity contribution is 9.10. The van der Waals surface area contributed by atoms with Crippen molar-refractivity contribution in [3.63, 3.8) is 0 Å². The highest BCUT2D eigenvalue weighted by atomic mass is 79.9. The lowest BCUT2D eigenvalue weighted by Crippen LogP contribution is -2.50. The maximum absolute atomic E-state index is 12.0. The molecule has 1 amide bonds. The number of halogens is 1. The van der Waals surface area contributed by atoms with Crippen molar-refractivity contribution in [2.75, 3.05) is 0 Å². The van der Waals surface area contributed by atoms with Crippen LogP contribution in [-0.4, -0.2) is 17.4 Å². The van der Waals surface area contributed by atoms with Gasteiger partial charge in [0, 0.05) is 10.0 Å². The van der Waals surface area contributed by atoms with Gasteiger partial charge in [-0.3, -0.25) is 4.79 Å². The third-order valence-corrected chi connectivity index (χ3v) is 3.63. The van der Waals surface area contributed by atoms with Gasteiger partial charge in [0.05, 0.1) is 12.8 Å². The van der Waals surface area contributed by atoms with Crippen molar-refractivity contribution in [3.05, 3.63) is 34.3 Å². The van der Waals surface area contributed by atoms with E-state index in [9.17, 15) is 9.59 Å². The number of alkyl carbamates (subject to hydrolysis) is 1. The number of hydrogen-bond donors (Lipinski definition) is 1. The second kappa shape index (κ2) is 5.20. The number of nitrogens with one attached hydrogen (secondary N) is 1. The molecule has 1 fully saturated rings. The van der Waals surface area contributed by atoms with Crippen molar-refractivity contribution in [2.24, 2.45) is 0 Å². The lowest BCUT2D eigenvalue weighted by molar-refractivity contribution is -0.143. The quantitative estimate of drug-likeness (QED) is 0.896. The highest BCUT2D eigenvalue weighted by Crippen LogP contribution is 2.42. The van der Waals surface area contributed by atoms with E-state index >= 15 is 0 Å². The van der Waals surface area contributed by atoms with Crippen LogP contribution in [0.4, 0.5) is 4.79 Å². The SMILES string of the molecule is CC(C)(C)NC(=O)OC1(c2ccc(Br)cc2)CC(=O)C1. The van der Waals surface area contributed by atoms with Crippen LogP contribution >= 0.6 is 15.9 Å². The van der Waals surface area contributed by atoms with Crippen LogP contribution in [0.3, 0.4) is 0 Å². The molecular formula is C15H18BrNO3. The van der Waals surface area contributed by atoms with Crippen LogP contribution in [0, 0.1) is 0 Å². The molecule has 20 heavy (non-hydrogen) atoms. The van der Waals surface area contributed by atoms with Crippen LogP contribution in [0.25, 0.3) is 0 Å². The second-order valence-electron chi connectivity index (χ2n) is 6.16. The molecule has 0 atom stereocenters. The fraction of sp³-hybridized carbons (Fsp3) is 0.467. The molecule has 1 aromatic rings. The molecule has 1 aliphatic rings. The van der Waals surface area contributed by atoms with Gasteiger partial charge in [-0.2, -0.15) is 0 Å². The van der Waals surface area contributed by atoms with Crippen LogP contribution in [0.2, 0.25) is 0 Å². The molecule has 2 rings (SSSR count). The Morgan fingerprint density at radius 1 is 1.25 bits per heavy atom. The summed E-state index contributed by atoms with van der Waals surface area (Å²) >= 11 is 3.37. The maximum Gasteiger partial charge on any atom is 0.408 e. The third-order valence-electron chi connectivity index (χ3n) is 3.10. The molecule has 0 aromatic heterocycles. The zero-order chi connectivity index (χ0) is 15.0. The number of Topliss-reactive ketones (excluding diaryl/α,β-unsaturated/α-hetero) is 1. The fourth-order valence-corrected chi connectivity index (χ4v) is 2.45.